The van der Waals surface area contributed by atoms with E-state index in [4.69, 9.17) is 9.47 Å². The molecular weight excluding hydrogens is 166 g/mol. The Labute approximate surface area is 79.8 Å². The van der Waals surface area contributed by atoms with Crippen LogP contribution in [0.15, 0.2) is 0 Å². The minimum atomic E-state index is -0.408. The van der Waals surface area contributed by atoms with Crippen molar-refractivity contribution in [2.45, 2.75) is 57.6 Å². The fraction of sp³-hybridized carbons (Fsp3) is 1.00. The molecule has 2 heterocycles. The highest BCUT2D eigenvalue weighted by Gasteiger charge is 2.56. The number of rotatable bonds is 1. The first-order valence-electron chi connectivity index (χ1n) is 5.08. The fourth-order valence-corrected chi connectivity index (χ4v) is 2.52. The van der Waals surface area contributed by atoms with Crippen LogP contribution in [-0.4, -0.2) is 30.1 Å². The lowest BCUT2D eigenvalue weighted by molar-refractivity contribution is -0.165. The third-order valence-electron chi connectivity index (χ3n) is 3.01. The molecule has 3 atom stereocenters. The van der Waals surface area contributed by atoms with Gasteiger partial charge in [-0.1, -0.05) is 6.92 Å². The molecule has 0 aromatic heterocycles. The third-order valence-corrected chi connectivity index (χ3v) is 3.01. The van der Waals surface area contributed by atoms with Gasteiger partial charge in [-0.05, 0) is 27.2 Å². The van der Waals surface area contributed by atoms with Gasteiger partial charge in [-0.2, -0.15) is 0 Å². The van der Waals surface area contributed by atoms with Gasteiger partial charge in [0, 0.05) is 12.6 Å². The van der Waals surface area contributed by atoms with Gasteiger partial charge in [0.2, 0.25) is 0 Å². The second kappa shape index (κ2) is 2.69. The van der Waals surface area contributed by atoms with Crippen molar-refractivity contribution in [3.63, 3.8) is 0 Å². The lowest BCUT2D eigenvalue weighted by atomic mass is 9.98. The van der Waals surface area contributed by atoms with Gasteiger partial charge in [-0.15, -0.1) is 0 Å². The molecule has 0 spiro atoms. The maximum absolute atomic E-state index is 5.91. The molecule has 2 saturated heterocycles. The Kier molecular flexibility index (Phi) is 1.95. The zero-order valence-corrected chi connectivity index (χ0v) is 8.89. The van der Waals surface area contributed by atoms with Crippen LogP contribution >= 0.6 is 0 Å². The largest absolute Gasteiger partial charge is 0.343 e. The molecule has 0 aromatic carbocycles. The Morgan fingerprint density at radius 3 is 2.69 bits per heavy atom. The van der Waals surface area contributed by atoms with Gasteiger partial charge in [0.15, 0.2) is 5.79 Å². The normalized spacial score (nSPS) is 48.0. The smallest absolute Gasteiger partial charge is 0.164 e. The van der Waals surface area contributed by atoms with E-state index in [1.807, 2.05) is 13.8 Å². The molecule has 3 heteroatoms. The summed E-state index contributed by atoms with van der Waals surface area (Å²) in [6.07, 6.45) is 1.31. The minimum Gasteiger partial charge on any atom is -0.343 e. The van der Waals surface area contributed by atoms with Crippen LogP contribution in [0, 0.1) is 0 Å². The number of hydrogen-bond acceptors (Lipinski definition) is 3. The zero-order chi connectivity index (χ0) is 9.69. The van der Waals surface area contributed by atoms with Crippen molar-refractivity contribution in [2.24, 2.45) is 0 Å². The van der Waals surface area contributed by atoms with Gasteiger partial charge < -0.3 is 14.8 Å². The summed E-state index contributed by atoms with van der Waals surface area (Å²) in [5.41, 5.74) is -0.121. The van der Waals surface area contributed by atoms with Gasteiger partial charge in [0.1, 0.15) is 11.7 Å². The first kappa shape index (κ1) is 9.44. The minimum absolute atomic E-state index is 0.121. The maximum Gasteiger partial charge on any atom is 0.164 e. The van der Waals surface area contributed by atoms with E-state index in [2.05, 4.69) is 19.2 Å². The van der Waals surface area contributed by atoms with E-state index in [-0.39, 0.29) is 11.7 Å². The highest BCUT2D eigenvalue weighted by atomic mass is 16.8. The highest BCUT2D eigenvalue weighted by Crippen LogP contribution is 2.41. The molecule has 0 unspecified atom stereocenters. The van der Waals surface area contributed by atoms with Crippen LogP contribution in [0.1, 0.15) is 34.1 Å². The first-order valence-corrected chi connectivity index (χ1v) is 5.08. The Morgan fingerprint density at radius 2 is 2.08 bits per heavy atom. The van der Waals surface area contributed by atoms with E-state index >= 15 is 0 Å². The molecule has 0 saturated carbocycles. The molecule has 0 amide bonds. The average molecular weight is 185 g/mol. The van der Waals surface area contributed by atoms with Gasteiger partial charge in [0.25, 0.3) is 0 Å². The van der Waals surface area contributed by atoms with Crippen molar-refractivity contribution in [3.05, 3.63) is 0 Å². The molecule has 2 aliphatic rings. The van der Waals surface area contributed by atoms with E-state index in [1.54, 1.807) is 0 Å². The quantitative estimate of drug-likeness (QED) is 0.667. The summed E-state index contributed by atoms with van der Waals surface area (Å²) in [4.78, 5) is 0. The van der Waals surface area contributed by atoms with Crippen LogP contribution < -0.4 is 5.32 Å². The molecule has 0 bridgehead atoms. The Bertz CT molecular complexity index is 217. The third kappa shape index (κ3) is 1.39. The second-order valence-electron chi connectivity index (χ2n) is 4.75. The summed E-state index contributed by atoms with van der Waals surface area (Å²) in [6.45, 7) is 9.19. The molecule has 0 aromatic rings. The van der Waals surface area contributed by atoms with Crippen molar-refractivity contribution in [3.8, 4) is 0 Å². The Balaban J connectivity index is 2.18. The summed E-state index contributed by atoms with van der Waals surface area (Å²) in [7, 11) is 0. The lowest BCUT2D eigenvalue weighted by Gasteiger charge is -2.22. The van der Waals surface area contributed by atoms with Crippen LogP contribution in [0.2, 0.25) is 0 Å². The molecule has 0 aliphatic carbocycles. The van der Waals surface area contributed by atoms with Crippen molar-refractivity contribution in [1.29, 1.82) is 0 Å². The standard InChI is InChI=1S/C10H19NO2/c1-5-7-8-10(4,6-11-7)13-9(2,3)12-8/h7-8,11H,5-6H2,1-4H3/t7-,8-,10+/m1/s1. The predicted molar refractivity (Wildman–Crippen MR) is 50.5 cm³/mol. The predicted octanol–water partition coefficient (Wildman–Crippen LogP) is 1.28. The van der Waals surface area contributed by atoms with Gasteiger partial charge in [-0.25, -0.2) is 0 Å². The van der Waals surface area contributed by atoms with E-state index in [1.165, 1.54) is 0 Å². The molecular formula is C10H19NO2. The number of ether oxygens (including phenoxy) is 2. The first-order chi connectivity index (χ1) is 5.97. The van der Waals surface area contributed by atoms with Crippen molar-refractivity contribution in [2.75, 3.05) is 6.54 Å². The van der Waals surface area contributed by atoms with Crippen molar-refractivity contribution < 1.29 is 9.47 Å². The summed E-state index contributed by atoms with van der Waals surface area (Å²) in [5, 5.41) is 3.44. The number of nitrogens with one attached hydrogen (secondary N) is 1. The fourth-order valence-electron chi connectivity index (χ4n) is 2.52. The van der Waals surface area contributed by atoms with Crippen molar-refractivity contribution in [1.82, 2.24) is 5.32 Å². The highest BCUT2D eigenvalue weighted by molar-refractivity contribution is 5.05. The molecule has 2 rings (SSSR count). The Hall–Kier alpha value is -0.120. The van der Waals surface area contributed by atoms with Crippen LogP contribution in [0.25, 0.3) is 0 Å². The van der Waals surface area contributed by atoms with E-state index in [0.29, 0.717) is 6.04 Å². The molecule has 1 N–H and O–H groups in total. The Morgan fingerprint density at radius 1 is 1.38 bits per heavy atom. The molecule has 0 radical (unpaired) electrons. The summed E-state index contributed by atoms with van der Waals surface area (Å²) < 4.78 is 11.8. The van der Waals surface area contributed by atoms with Crippen LogP contribution in [0.4, 0.5) is 0 Å². The molecule has 3 nitrogen and oxygen atoms in total. The van der Waals surface area contributed by atoms with Gasteiger partial charge >= 0.3 is 0 Å². The molecule has 76 valence electrons. The monoisotopic (exact) mass is 185 g/mol. The molecule has 13 heavy (non-hydrogen) atoms. The average Bonchev–Trinajstić information content (AvgIpc) is 2.38. The summed E-state index contributed by atoms with van der Waals surface area (Å²) >= 11 is 0. The molecule has 2 fully saturated rings. The maximum atomic E-state index is 5.91. The van der Waals surface area contributed by atoms with E-state index in [9.17, 15) is 0 Å². The lowest BCUT2D eigenvalue weighted by Crippen LogP contribution is -2.37. The van der Waals surface area contributed by atoms with Crippen molar-refractivity contribution >= 4 is 0 Å². The van der Waals surface area contributed by atoms with Crippen LogP contribution in [-0.2, 0) is 9.47 Å². The van der Waals surface area contributed by atoms with E-state index < -0.39 is 5.79 Å². The number of fused-ring (bicyclic) bond motifs is 1. The SMILES string of the molecule is CC[C@H]1NC[C@]2(C)OC(C)(C)O[C@H]12. The summed E-state index contributed by atoms with van der Waals surface area (Å²) in [5.74, 6) is -0.408. The van der Waals surface area contributed by atoms with E-state index in [0.717, 1.165) is 13.0 Å². The summed E-state index contributed by atoms with van der Waals surface area (Å²) in [6, 6.07) is 0.451. The van der Waals surface area contributed by atoms with Crippen LogP contribution in [0.5, 0.6) is 0 Å². The zero-order valence-electron chi connectivity index (χ0n) is 8.89. The number of hydrogen-bond donors (Lipinski definition) is 1. The van der Waals surface area contributed by atoms with Gasteiger partial charge in [0.05, 0.1) is 0 Å². The topological polar surface area (TPSA) is 30.5 Å². The second-order valence-corrected chi connectivity index (χ2v) is 4.75. The van der Waals surface area contributed by atoms with Gasteiger partial charge in [-0.3, -0.25) is 0 Å². The van der Waals surface area contributed by atoms with Crippen LogP contribution in [0.3, 0.4) is 0 Å². The molecule has 2 aliphatic heterocycles.